The van der Waals surface area contributed by atoms with Gasteiger partial charge in [-0.25, -0.2) is 0 Å². The van der Waals surface area contributed by atoms with E-state index in [-0.39, 0.29) is 36.7 Å². The monoisotopic (exact) mass is 417 g/mol. The number of hydrogen-bond donors (Lipinski definition) is 2. The van der Waals surface area contributed by atoms with Crippen LogP contribution in [0.5, 0.6) is 17.2 Å². The zero-order valence-electron chi connectivity index (χ0n) is 16.9. The molecule has 0 unspecified atom stereocenters. The topological polar surface area (TPSA) is 129 Å². The van der Waals surface area contributed by atoms with Gasteiger partial charge in [-0.2, -0.15) is 0 Å². The molecule has 0 heterocycles. The van der Waals surface area contributed by atoms with Crippen LogP contribution in [-0.2, 0) is 11.3 Å². The Hall–Kier alpha value is -3.82. The largest absolute Gasteiger partial charge is 0.496 e. The molecule has 0 saturated heterocycles. The zero-order valence-corrected chi connectivity index (χ0v) is 16.9. The number of benzene rings is 2. The van der Waals surface area contributed by atoms with Crippen LogP contribution in [0.15, 0.2) is 36.4 Å². The maximum absolute atomic E-state index is 12.1. The van der Waals surface area contributed by atoms with Crippen molar-refractivity contribution >= 4 is 17.5 Å². The zero-order chi connectivity index (χ0) is 22.1. The Morgan fingerprint density at radius 2 is 1.53 bits per heavy atom. The lowest BCUT2D eigenvalue weighted by molar-refractivity contribution is -0.384. The van der Waals surface area contributed by atoms with Gasteiger partial charge in [0.25, 0.3) is 11.6 Å². The van der Waals surface area contributed by atoms with Gasteiger partial charge in [0.05, 0.1) is 26.3 Å². The third-order valence-corrected chi connectivity index (χ3v) is 4.24. The lowest BCUT2D eigenvalue weighted by Gasteiger charge is -2.14. The molecule has 0 aliphatic rings. The predicted octanol–water partition coefficient (Wildman–Crippen LogP) is 2.06. The summed E-state index contributed by atoms with van der Waals surface area (Å²) in [6.45, 7) is 0.323. The summed E-state index contributed by atoms with van der Waals surface area (Å²) in [6.07, 6.45) is 0.0638. The molecule has 2 amide bonds. The molecule has 30 heavy (non-hydrogen) atoms. The molecule has 0 radical (unpaired) electrons. The van der Waals surface area contributed by atoms with Crippen molar-refractivity contribution in [3.05, 3.63) is 57.6 Å². The predicted molar refractivity (Wildman–Crippen MR) is 108 cm³/mol. The molecule has 2 aromatic rings. The van der Waals surface area contributed by atoms with Crippen molar-refractivity contribution < 1.29 is 28.7 Å². The van der Waals surface area contributed by atoms with Crippen LogP contribution in [0.4, 0.5) is 5.69 Å². The van der Waals surface area contributed by atoms with E-state index < -0.39 is 10.8 Å². The van der Waals surface area contributed by atoms with Gasteiger partial charge in [0, 0.05) is 48.8 Å². The van der Waals surface area contributed by atoms with Gasteiger partial charge in [0.15, 0.2) is 11.5 Å². The smallest absolute Gasteiger partial charge is 0.269 e. The number of carbonyl (C=O) groups excluding carboxylic acids is 2. The van der Waals surface area contributed by atoms with Crippen LogP contribution < -0.4 is 24.8 Å². The van der Waals surface area contributed by atoms with Crippen molar-refractivity contribution in [1.82, 2.24) is 10.6 Å². The first-order valence-electron chi connectivity index (χ1n) is 8.97. The highest BCUT2D eigenvalue weighted by Gasteiger charge is 2.13. The molecular formula is C20H23N3O7. The molecule has 0 saturated carbocycles. The first-order chi connectivity index (χ1) is 14.4. The van der Waals surface area contributed by atoms with E-state index in [1.165, 1.54) is 45.6 Å². The van der Waals surface area contributed by atoms with Crippen molar-refractivity contribution in [1.29, 1.82) is 0 Å². The number of amides is 2. The molecule has 0 fully saturated rings. The summed E-state index contributed by atoms with van der Waals surface area (Å²) in [7, 11) is 4.55. The Morgan fingerprint density at radius 3 is 2.10 bits per heavy atom. The van der Waals surface area contributed by atoms with Gasteiger partial charge >= 0.3 is 0 Å². The Bertz CT molecular complexity index is 913. The van der Waals surface area contributed by atoms with Crippen LogP contribution in [0.1, 0.15) is 22.3 Å². The second-order valence-electron chi connectivity index (χ2n) is 6.11. The molecule has 2 N–H and O–H groups in total. The summed E-state index contributed by atoms with van der Waals surface area (Å²) >= 11 is 0. The van der Waals surface area contributed by atoms with E-state index in [9.17, 15) is 19.7 Å². The Morgan fingerprint density at radius 1 is 0.933 bits per heavy atom. The summed E-state index contributed by atoms with van der Waals surface area (Å²) in [6, 6.07) is 8.60. The van der Waals surface area contributed by atoms with Crippen molar-refractivity contribution in [2.75, 3.05) is 27.9 Å². The second kappa shape index (κ2) is 10.6. The van der Waals surface area contributed by atoms with Crippen molar-refractivity contribution in [3.63, 3.8) is 0 Å². The van der Waals surface area contributed by atoms with Crippen LogP contribution in [0.25, 0.3) is 0 Å². The number of hydrogen-bond acceptors (Lipinski definition) is 7. The van der Waals surface area contributed by atoms with Crippen LogP contribution in [-0.4, -0.2) is 44.6 Å². The lowest BCUT2D eigenvalue weighted by atomic mass is 10.1. The van der Waals surface area contributed by atoms with Gasteiger partial charge < -0.3 is 24.8 Å². The van der Waals surface area contributed by atoms with Crippen molar-refractivity contribution in [2.45, 2.75) is 13.0 Å². The fourth-order valence-electron chi connectivity index (χ4n) is 2.64. The molecule has 0 aromatic heterocycles. The summed E-state index contributed by atoms with van der Waals surface area (Å²) in [5.41, 5.74) is 0.881. The van der Waals surface area contributed by atoms with Crippen LogP contribution >= 0.6 is 0 Å². The standard InChI is InChI=1S/C20H23N3O7/c1-28-16-11-18(30-3)17(29-2)10-14(16)12-22-19(24)8-9-21-20(25)13-4-6-15(7-5-13)23(26)27/h4-7,10-11H,8-9,12H2,1-3H3,(H,21,25)(H,22,24). The maximum atomic E-state index is 12.1. The maximum Gasteiger partial charge on any atom is 0.269 e. The highest BCUT2D eigenvalue weighted by atomic mass is 16.6. The molecule has 10 heteroatoms. The number of nitrogens with zero attached hydrogens (tertiary/aromatic N) is 1. The lowest BCUT2D eigenvalue weighted by Crippen LogP contribution is -2.30. The van der Waals surface area contributed by atoms with Gasteiger partial charge in [0.1, 0.15) is 5.75 Å². The van der Waals surface area contributed by atoms with E-state index in [0.29, 0.717) is 22.8 Å². The van der Waals surface area contributed by atoms with Gasteiger partial charge in [-0.3, -0.25) is 19.7 Å². The van der Waals surface area contributed by atoms with E-state index >= 15 is 0 Å². The summed E-state index contributed by atoms with van der Waals surface area (Å²) in [5, 5.41) is 16.0. The van der Waals surface area contributed by atoms with Crippen LogP contribution in [0.3, 0.4) is 0 Å². The number of nitro benzene ring substituents is 1. The fourth-order valence-corrected chi connectivity index (χ4v) is 2.64. The van der Waals surface area contributed by atoms with Crippen molar-refractivity contribution in [3.8, 4) is 17.2 Å². The number of nitro groups is 1. The molecule has 2 rings (SSSR count). The number of methoxy groups -OCH3 is 3. The Labute approximate surface area is 173 Å². The number of ether oxygens (including phenoxy) is 3. The minimum atomic E-state index is -0.542. The highest BCUT2D eigenvalue weighted by molar-refractivity contribution is 5.94. The van der Waals surface area contributed by atoms with Crippen molar-refractivity contribution in [2.24, 2.45) is 0 Å². The molecule has 0 bridgehead atoms. The summed E-state index contributed by atoms with van der Waals surface area (Å²) < 4.78 is 15.8. The average Bonchev–Trinajstić information content (AvgIpc) is 2.76. The fraction of sp³-hybridized carbons (Fsp3) is 0.300. The molecule has 2 aromatic carbocycles. The molecular weight excluding hydrogens is 394 g/mol. The third-order valence-electron chi connectivity index (χ3n) is 4.24. The molecule has 0 spiro atoms. The van der Waals surface area contributed by atoms with E-state index in [1.807, 2.05) is 0 Å². The SMILES string of the molecule is COc1cc(OC)c(OC)cc1CNC(=O)CCNC(=O)c1ccc([N+](=O)[O-])cc1. The van der Waals surface area contributed by atoms with E-state index in [1.54, 1.807) is 12.1 Å². The minimum absolute atomic E-state index is 0.0638. The minimum Gasteiger partial charge on any atom is -0.496 e. The molecule has 0 aliphatic heterocycles. The van der Waals surface area contributed by atoms with Crippen LogP contribution in [0.2, 0.25) is 0 Å². The Balaban J connectivity index is 1.85. The van der Waals surface area contributed by atoms with Gasteiger partial charge in [-0.15, -0.1) is 0 Å². The molecule has 0 atom stereocenters. The third kappa shape index (κ3) is 5.84. The normalized spacial score (nSPS) is 10.1. The first kappa shape index (κ1) is 22.5. The quantitative estimate of drug-likeness (QED) is 0.447. The second-order valence-corrected chi connectivity index (χ2v) is 6.11. The van der Waals surface area contributed by atoms with E-state index in [0.717, 1.165) is 0 Å². The highest BCUT2D eigenvalue weighted by Crippen LogP contribution is 2.34. The number of carbonyl (C=O) groups is 2. The van der Waals surface area contributed by atoms with Gasteiger partial charge in [-0.05, 0) is 18.2 Å². The van der Waals surface area contributed by atoms with E-state index in [4.69, 9.17) is 14.2 Å². The Kier molecular flexibility index (Phi) is 7.98. The summed E-state index contributed by atoms with van der Waals surface area (Å²) in [4.78, 5) is 34.2. The van der Waals surface area contributed by atoms with Gasteiger partial charge in [-0.1, -0.05) is 0 Å². The average molecular weight is 417 g/mol. The number of rotatable bonds is 10. The number of nitrogens with one attached hydrogen (secondary N) is 2. The summed E-state index contributed by atoms with van der Waals surface area (Å²) in [5.74, 6) is 0.880. The molecule has 160 valence electrons. The number of non-ortho nitro benzene ring substituents is 1. The van der Waals surface area contributed by atoms with Gasteiger partial charge in [0.2, 0.25) is 5.91 Å². The van der Waals surface area contributed by atoms with Crippen LogP contribution in [0, 0.1) is 10.1 Å². The van der Waals surface area contributed by atoms with E-state index in [2.05, 4.69) is 10.6 Å². The molecule has 10 nitrogen and oxygen atoms in total. The molecule has 0 aliphatic carbocycles. The first-order valence-corrected chi connectivity index (χ1v) is 8.97.